The molecule has 2 nitrogen and oxygen atoms in total. The molecule has 0 N–H and O–H groups in total. The smallest absolute Gasteiger partial charge is 0.108 e. The summed E-state index contributed by atoms with van der Waals surface area (Å²) in [5.41, 5.74) is 2.39. The van der Waals surface area contributed by atoms with Crippen LogP contribution in [0.3, 0.4) is 0 Å². The lowest BCUT2D eigenvalue weighted by atomic mass is 10.0. The Balaban J connectivity index is 2.43. The third kappa shape index (κ3) is 2.17. The van der Waals surface area contributed by atoms with Gasteiger partial charge in [-0.1, -0.05) is 30.3 Å². The van der Waals surface area contributed by atoms with Gasteiger partial charge < -0.3 is 0 Å². The van der Waals surface area contributed by atoms with Gasteiger partial charge in [-0.15, -0.1) is 0 Å². The van der Waals surface area contributed by atoms with Crippen LogP contribution in [0.5, 0.6) is 0 Å². The maximum Gasteiger partial charge on any atom is 0.108 e. The van der Waals surface area contributed by atoms with E-state index in [-0.39, 0.29) is 0 Å². The van der Waals surface area contributed by atoms with Crippen molar-refractivity contribution >= 4 is 10.8 Å². The molecule has 0 aliphatic carbocycles. The lowest BCUT2D eigenvalue weighted by molar-refractivity contribution is -0.282. The van der Waals surface area contributed by atoms with Crippen molar-refractivity contribution in [3.05, 3.63) is 47.5 Å². The molecule has 2 aromatic carbocycles. The van der Waals surface area contributed by atoms with E-state index in [2.05, 4.69) is 36.1 Å². The van der Waals surface area contributed by atoms with Crippen molar-refractivity contribution in [3.63, 3.8) is 0 Å². The van der Waals surface area contributed by atoms with Crippen LogP contribution in [0.2, 0.25) is 0 Å². The molecule has 0 radical (unpaired) electrons. The second kappa shape index (κ2) is 4.43. The Morgan fingerprint density at radius 1 is 1.07 bits per heavy atom. The van der Waals surface area contributed by atoms with Gasteiger partial charge in [0.2, 0.25) is 0 Å². The molecule has 15 heavy (non-hydrogen) atoms. The summed E-state index contributed by atoms with van der Waals surface area (Å²) >= 11 is 0. The molecule has 0 unspecified atom stereocenters. The Kier molecular flexibility index (Phi) is 2.99. The monoisotopic (exact) mass is 202 g/mol. The van der Waals surface area contributed by atoms with Gasteiger partial charge >= 0.3 is 0 Å². The minimum absolute atomic E-state index is 0.493. The largest absolute Gasteiger partial charge is 0.240 e. The molecule has 0 aliphatic rings. The van der Waals surface area contributed by atoms with E-state index in [1.807, 2.05) is 12.1 Å². The van der Waals surface area contributed by atoms with Crippen molar-refractivity contribution in [3.8, 4) is 0 Å². The van der Waals surface area contributed by atoms with Gasteiger partial charge in [0, 0.05) is 0 Å². The third-order valence-electron chi connectivity index (χ3n) is 2.54. The number of aryl methyl sites for hydroxylation is 1. The van der Waals surface area contributed by atoms with E-state index in [4.69, 9.17) is 4.89 Å². The van der Waals surface area contributed by atoms with E-state index in [0.717, 1.165) is 5.56 Å². The minimum Gasteiger partial charge on any atom is -0.240 e. The van der Waals surface area contributed by atoms with Gasteiger partial charge in [0.1, 0.15) is 6.61 Å². The van der Waals surface area contributed by atoms with Crippen LogP contribution in [-0.2, 0) is 16.4 Å². The maximum absolute atomic E-state index is 4.95. The zero-order valence-electron chi connectivity index (χ0n) is 8.99. The zero-order chi connectivity index (χ0) is 10.7. The fourth-order valence-electron chi connectivity index (χ4n) is 1.68. The molecule has 0 bridgehead atoms. The van der Waals surface area contributed by atoms with Crippen LogP contribution >= 0.6 is 0 Å². The first-order chi connectivity index (χ1) is 7.31. The number of hydrogen-bond donors (Lipinski definition) is 0. The van der Waals surface area contributed by atoms with E-state index in [9.17, 15) is 0 Å². The van der Waals surface area contributed by atoms with Crippen molar-refractivity contribution < 1.29 is 9.78 Å². The topological polar surface area (TPSA) is 18.5 Å². The SMILES string of the molecule is COOCc1cc2ccccc2cc1C. The first-order valence-electron chi connectivity index (χ1n) is 4.95. The summed E-state index contributed by atoms with van der Waals surface area (Å²) in [7, 11) is 1.52. The fourth-order valence-corrected chi connectivity index (χ4v) is 1.68. The Bertz CT molecular complexity index is 463. The van der Waals surface area contributed by atoms with Crippen molar-refractivity contribution in [2.75, 3.05) is 7.11 Å². The van der Waals surface area contributed by atoms with Gasteiger partial charge in [-0.3, -0.25) is 0 Å². The van der Waals surface area contributed by atoms with Crippen molar-refractivity contribution in [2.45, 2.75) is 13.5 Å². The van der Waals surface area contributed by atoms with Crippen molar-refractivity contribution in [2.24, 2.45) is 0 Å². The molecule has 0 fully saturated rings. The number of fused-ring (bicyclic) bond motifs is 1. The minimum atomic E-state index is 0.493. The third-order valence-corrected chi connectivity index (χ3v) is 2.54. The molecule has 0 saturated carbocycles. The second-order valence-corrected chi connectivity index (χ2v) is 3.55. The summed E-state index contributed by atoms with van der Waals surface area (Å²) in [5, 5.41) is 2.49. The van der Waals surface area contributed by atoms with Crippen molar-refractivity contribution in [1.29, 1.82) is 0 Å². The van der Waals surface area contributed by atoms with E-state index in [1.165, 1.54) is 23.4 Å². The van der Waals surface area contributed by atoms with Gasteiger partial charge in [0.25, 0.3) is 0 Å². The molecule has 0 saturated heterocycles. The Morgan fingerprint density at radius 2 is 1.73 bits per heavy atom. The van der Waals surface area contributed by atoms with Crippen LogP contribution in [0.25, 0.3) is 10.8 Å². The molecule has 0 heterocycles. The van der Waals surface area contributed by atoms with Crippen LogP contribution < -0.4 is 0 Å². The zero-order valence-corrected chi connectivity index (χ0v) is 8.99. The maximum atomic E-state index is 4.95. The molecule has 0 amide bonds. The Labute approximate surface area is 89.4 Å². The van der Waals surface area contributed by atoms with Gasteiger partial charge in [-0.05, 0) is 34.9 Å². The predicted molar refractivity (Wildman–Crippen MR) is 60.5 cm³/mol. The van der Waals surface area contributed by atoms with E-state index >= 15 is 0 Å². The average Bonchev–Trinajstić information content (AvgIpc) is 2.26. The molecule has 0 spiro atoms. The molecule has 2 aromatic rings. The molecule has 2 heteroatoms. The molecular weight excluding hydrogens is 188 g/mol. The highest BCUT2D eigenvalue weighted by atomic mass is 17.2. The van der Waals surface area contributed by atoms with E-state index in [1.54, 1.807) is 0 Å². The first kappa shape index (κ1) is 10.1. The normalized spacial score (nSPS) is 10.8. The van der Waals surface area contributed by atoms with Gasteiger partial charge in [-0.25, -0.2) is 9.78 Å². The van der Waals surface area contributed by atoms with Crippen molar-refractivity contribution in [1.82, 2.24) is 0 Å². The number of benzene rings is 2. The quantitative estimate of drug-likeness (QED) is 0.562. The number of hydrogen-bond acceptors (Lipinski definition) is 2. The summed E-state index contributed by atoms with van der Waals surface area (Å²) in [6.07, 6.45) is 0. The van der Waals surface area contributed by atoms with Crippen LogP contribution in [0.4, 0.5) is 0 Å². The first-order valence-corrected chi connectivity index (χ1v) is 4.95. The second-order valence-electron chi connectivity index (χ2n) is 3.55. The standard InChI is InChI=1S/C13H14O2/c1-10-7-11-5-3-4-6-12(11)8-13(10)9-15-14-2/h3-8H,9H2,1-2H3. The highest BCUT2D eigenvalue weighted by Gasteiger charge is 2.01. The van der Waals surface area contributed by atoms with Crippen LogP contribution in [0, 0.1) is 6.92 Å². The summed E-state index contributed by atoms with van der Waals surface area (Å²) in [4.78, 5) is 9.56. The predicted octanol–water partition coefficient (Wildman–Crippen LogP) is 3.23. The summed E-state index contributed by atoms with van der Waals surface area (Å²) in [6.45, 7) is 2.58. The Hall–Kier alpha value is -1.38. The summed E-state index contributed by atoms with van der Waals surface area (Å²) < 4.78 is 0. The summed E-state index contributed by atoms with van der Waals surface area (Å²) in [6, 6.07) is 12.6. The van der Waals surface area contributed by atoms with E-state index < -0.39 is 0 Å². The molecule has 0 aromatic heterocycles. The lowest BCUT2D eigenvalue weighted by Crippen LogP contribution is -1.94. The molecule has 0 aliphatic heterocycles. The van der Waals surface area contributed by atoms with Gasteiger partial charge in [0.15, 0.2) is 0 Å². The Morgan fingerprint density at radius 3 is 2.40 bits per heavy atom. The van der Waals surface area contributed by atoms with Gasteiger partial charge in [0.05, 0.1) is 7.11 Å². The molecule has 0 atom stereocenters. The molecule has 2 rings (SSSR count). The molecule has 78 valence electrons. The van der Waals surface area contributed by atoms with Crippen LogP contribution in [0.1, 0.15) is 11.1 Å². The molecular formula is C13H14O2. The fraction of sp³-hybridized carbons (Fsp3) is 0.231. The van der Waals surface area contributed by atoms with Crippen LogP contribution in [0.15, 0.2) is 36.4 Å². The number of rotatable bonds is 3. The van der Waals surface area contributed by atoms with E-state index in [0.29, 0.717) is 6.61 Å². The highest BCUT2D eigenvalue weighted by molar-refractivity contribution is 5.83. The van der Waals surface area contributed by atoms with Gasteiger partial charge in [-0.2, -0.15) is 0 Å². The lowest BCUT2D eigenvalue weighted by Gasteiger charge is -2.07. The summed E-state index contributed by atoms with van der Waals surface area (Å²) in [5.74, 6) is 0. The highest BCUT2D eigenvalue weighted by Crippen LogP contribution is 2.20. The average molecular weight is 202 g/mol. The van der Waals surface area contributed by atoms with Crippen LogP contribution in [-0.4, -0.2) is 7.11 Å².